The minimum Gasteiger partial charge on any atom is -0.392 e. The molecule has 0 aromatic heterocycles. The van der Waals surface area contributed by atoms with E-state index < -0.39 is 0 Å². The third-order valence-electron chi connectivity index (χ3n) is 4.61. The van der Waals surface area contributed by atoms with E-state index >= 15 is 0 Å². The van der Waals surface area contributed by atoms with Gasteiger partial charge in [0.15, 0.2) is 0 Å². The van der Waals surface area contributed by atoms with E-state index in [1.54, 1.807) is 0 Å². The highest BCUT2D eigenvalue weighted by Crippen LogP contribution is 2.19. The number of benzene rings is 2. The lowest BCUT2D eigenvalue weighted by atomic mass is 10.0. The van der Waals surface area contributed by atoms with Crippen LogP contribution in [-0.4, -0.2) is 30.3 Å². The monoisotopic (exact) mass is 339 g/mol. The molecule has 0 aliphatic carbocycles. The average Bonchev–Trinajstić information content (AvgIpc) is 2.67. The number of nitrogens with one attached hydrogen (secondary N) is 2. The summed E-state index contributed by atoms with van der Waals surface area (Å²) >= 11 is 0. The Hall–Kier alpha value is -2.53. The maximum atomic E-state index is 12.2. The fourth-order valence-corrected chi connectivity index (χ4v) is 3.26. The second kappa shape index (κ2) is 8.53. The number of rotatable bonds is 5. The van der Waals surface area contributed by atoms with E-state index in [1.807, 2.05) is 42.5 Å². The summed E-state index contributed by atoms with van der Waals surface area (Å²) in [5.74, 6) is 0. The van der Waals surface area contributed by atoms with Crippen LogP contribution < -0.4 is 15.5 Å². The normalized spacial score (nSPS) is 17.2. The standard InChI is InChI=1S/C20H25N3O2/c24-15-17-8-5-4-7-16(17)13-21-20(25)22-18-9-6-12-23(14-18)19-10-2-1-3-11-19/h1-5,7-8,10-11,18,24H,6,9,12-15H2,(H2,21,22,25). The molecule has 2 aromatic carbocycles. The van der Waals surface area contributed by atoms with Crippen molar-refractivity contribution in [3.63, 3.8) is 0 Å². The molecular formula is C20H25N3O2. The number of para-hydroxylation sites is 1. The fraction of sp³-hybridized carbons (Fsp3) is 0.350. The molecule has 132 valence electrons. The van der Waals surface area contributed by atoms with Crippen molar-refractivity contribution in [2.24, 2.45) is 0 Å². The van der Waals surface area contributed by atoms with Crippen molar-refractivity contribution < 1.29 is 9.90 Å². The Morgan fingerprint density at radius 2 is 1.80 bits per heavy atom. The van der Waals surface area contributed by atoms with Gasteiger partial charge in [-0.25, -0.2) is 4.79 Å². The Bertz CT molecular complexity index is 690. The van der Waals surface area contributed by atoms with Crippen LogP contribution in [-0.2, 0) is 13.2 Å². The molecule has 0 bridgehead atoms. The molecule has 1 unspecified atom stereocenters. The minimum atomic E-state index is -0.160. The highest BCUT2D eigenvalue weighted by molar-refractivity contribution is 5.74. The van der Waals surface area contributed by atoms with Gasteiger partial charge in [-0.3, -0.25) is 0 Å². The number of hydrogen-bond acceptors (Lipinski definition) is 3. The Morgan fingerprint density at radius 3 is 2.56 bits per heavy atom. The number of carbonyl (C=O) groups excluding carboxylic acids is 1. The highest BCUT2D eigenvalue weighted by atomic mass is 16.3. The van der Waals surface area contributed by atoms with Crippen LogP contribution in [0.4, 0.5) is 10.5 Å². The third-order valence-corrected chi connectivity index (χ3v) is 4.61. The summed E-state index contributed by atoms with van der Waals surface area (Å²) < 4.78 is 0. The first-order chi connectivity index (χ1) is 12.3. The van der Waals surface area contributed by atoms with Crippen molar-refractivity contribution in [1.29, 1.82) is 0 Å². The first kappa shape index (κ1) is 17.3. The summed E-state index contributed by atoms with van der Waals surface area (Å²) in [5.41, 5.74) is 2.98. The van der Waals surface area contributed by atoms with Crippen LogP contribution in [0.2, 0.25) is 0 Å². The largest absolute Gasteiger partial charge is 0.392 e. The summed E-state index contributed by atoms with van der Waals surface area (Å²) in [7, 11) is 0. The number of amides is 2. The quantitative estimate of drug-likeness (QED) is 0.785. The van der Waals surface area contributed by atoms with Crippen LogP contribution in [0.3, 0.4) is 0 Å². The van der Waals surface area contributed by atoms with Crippen molar-refractivity contribution >= 4 is 11.7 Å². The van der Waals surface area contributed by atoms with Gasteiger partial charge in [0.1, 0.15) is 0 Å². The van der Waals surface area contributed by atoms with E-state index in [-0.39, 0.29) is 18.7 Å². The Labute approximate surface area is 148 Å². The third kappa shape index (κ3) is 4.73. The summed E-state index contributed by atoms with van der Waals surface area (Å²) in [6.07, 6.45) is 2.05. The topological polar surface area (TPSA) is 64.6 Å². The maximum Gasteiger partial charge on any atom is 0.315 e. The van der Waals surface area contributed by atoms with E-state index in [9.17, 15) is 9.90 Å². The predicted octanol–water partition coefficient (Wildman–Crippen LogP) is 2.65. The highest BCUT2D eigenvalue weighted by Gasteiger charge is 2.21. The summed E-state index contributed by atoms with van der Waals surface area (Å²) in [4.78, 5) is 14.5. The molecule has 2 amide bonds. The van der Waals surface area contributed by atoms with E-state index in [0.717, 1.165) is 37.1 Å². The van der Waals surface area contributed by atoms with Gasteiger partial charge < -0.3 is 20.6 Å². The molecular weight excluding hydrogens is 314 g/mol. The SMILES string of the molecule is O=C(NCc1ccccc1CO)NC1CCCN(c2ccccc2)C1. The number of piperidine rings is 1. The van der Waals surface area contributed by atoms with Gasteiger partial charge in [0.25, 0.3) is 0 Å². The smallest absolute Gasteiger partial charge is 0.315 e. The number of nitrogens with zero attached hydrogens (tertiary/aromatic N) is 1. The van der Waals surface area contributed by atoms with Crippen LogP contribution in [0.5, 0.6) is 0 Å². The van der Waals surface area contributed by atoms with E-state index in [2.05, 4.69) is 27.7 Å². The lowest BCUT2D eigenvalue weighted by Crippen LogP contribution is -2.50. The van der Waals surface area contributed by atoms with Crippen molar-refractivity contribution in [3.05, 3.63) is 65.7 Å². The van der Waals surface area contributed by atoms with Gasteiger partial charge in [0.05, 0.1) is 6.61 Å². The number of aliphatic hydroxyl groups excluding tert-OH is 1. The van der Waals surface area contributed by atoms with E-state index in [4.69, 9.17) is 0 Å². The van der Waals surface area contributed by atoms with Gasteiger partial charge >= 0.3 is 6.03 Å². The molecule has 0 saturated carbocycles. The second-order valence-corrected chi connectivity index (χ2v) is 6.37. The Balaban J connectivity index is 1.51. The molecule has 1 fully saturated rings. The van der Waals surface area contributed by atoms with Gasteiger partial charge in [-0.05, 0) is 36.1 Å². The van der Waals surface area contributed by atoms with Crippen LogP contribution >= 0.6 is 0 Å². The van der Waals surface area contributed by atoms with Gasteiger partial charge in [-0.2, -0.15) is 0 Å². The summed E-state index contributed by atoms with van der Waals surface area (Å²) in [6.45, 7) is 2.24. The number of carbonyl (C=O) groups is 1. The minimum absolute atomic E-state index is 0.0197. The van der Waals surface area contributed by atoms with Crippen molar-refractivity contribution in [3.8, 4) is 0 Å². The van der Waals surface area contributed by atoms with Crippen LogP contribution in [0, 0.1) is 0 Å². The Kier molecular flexibility index (Phi) is 5.90. The van der Waals surface area contributed by atoms with Crippen LogP contribution in [0.1, 0.15) is 24.0 Å². The predicted molar refractivity (Wildman–Crippen MR) is 99.4 cm³/mol. The van der Waals surface area contributed by atoms with Crippen molar-refractivity contribution in [1.82, 2.24) is 10.6 Å². The molecule has 0 spiro atoms. The molecule has 5 nitrogen and oxygen atoms in total. The van der Waals surface area contributed by atoms with E-state index in [1.165, 1.54) is 5.69 Å². The van der Waals surface area contributed by atoms with Crippen LogP contribution in [0.25, 0.3) is 0 Å². The van der Waals surface area contributed by atoms with Crippen molar-refractivity contribution in [2.75, 3.05) is 18.0 Å². The fourth-order valence-electron chi connectivity index (χ4n) is 3.26. The molecule has 5 heteroatoms. The second-order valence-electron chi connectivity index (χ2n) is 6.37. The van der Waals surface area contributed by atoms with Crippen LogP contribution in [0.15, 0.2) is 54.6 Å². The first-order valence-corrected chi connectivity index (χ1v) is 8.78. The molecule has 3 N–H and O–H groups in total. The van der Waals surface area contributed by atoms with Gasteiger partial charge in [0.2, 0.25) is 0 Å². The maximum absolute atomic E-state index is 12.2. The number of hydrogen-bond donors (Lipinski definition) is 3. The lowest BCUT2D eigenvalue weighted by Gasteiger charge is -2.34. The number of aliphatic hydroxyl groups is 1. The average molecular weight is 339 g/mol. The Morgan fingerprint density at radius 1 is 1.08 bits per heavy atom. The molecule has 0 radical (unpaired) electrons. The van der Waals surface area contributed by atoms with Gasteiger partial charge in [-0.15, -0.1) is 0 Å². The molecule has 1 aliphatic heterocycles. The molecule has 1 heterocycles. The van der Waals surface area contributed by atoms with Crippen molar-refractivity contribution in [2.45, 2.75) is 32.0 Å². The molecule has 25 heavy (non-hydrogen) atoms. The van der Waals surface area contributed by atoms with Gasteiger partial charge in [-0.1, -0.05) is 42.5 Å². The van der Waals surface area contributed by atoms with Gasteiger partial charge in [0, 0.05) is 31.4 Å². The molecule has 1 atom stereocenters. The summed E-state index contributed by atoms with van der Waals surface area (Å²) in [5, 5.41) is 15.3. The number of anilines is 1. The zero-order valence-corrected chi connectivity index (χ0v) is 14.3. The van der Waals surface area contributed by atoms with E-state index in [0.29, 0.717) is 6.54 Å². The first-order valence-electron chi connectivity index (χ1n) is 8.78. The molecule has 1 aliphatic rings. The zero-order valence-electron chi connectivity index (χ0n) is 14.3. The molecule has 3 rings (SSSR count). The number of urea groups is 1. The summed E-state index contributed by atoms with van der Waals surface area (Å²) in [6, 6.07) is 17.9. The zero-order chi connectivity index (χ0) is 17.5. The molecule has 2 aromatic rings. The lowest BCUT2D eigenvalue weighted by molar-refractivity contribution is 0.234. The molecule has 1 saturated heterocycles.